The topological polar surface area (TPSA) is 50.1 Å². The van der Waals surface area contributed by atoms with Gasteiger partial charge in [-0.25, -0.2) is 9.97 Å². The first-order valence-electron chi connectivity index (χ1n) is 10.8. The number of aromatic nitrogens is 4. The zero-order valence-electron chi connectivity index (χ0n) is 18.5. The van der Waals surface area contributed by atoms with Crippen LogP contribution >= 0.6 is 11.3 Å². The van der Waals surface area contributed by atoms with E-state index in [4.69, 9.17) is 0 Å². The molecule has 2 fully saturated rings. The number of halogens is 3. The molecule has 5 heterocycles. The van der Waals surface area contributed by atoms with E-state index in [0.29, 0.717) is 4.83 Å². The van der Waals surface area contributed by atoms with Crippen molar-refractivity contribution in [1.29, 1.82) is 0 Å². The number of anilines is 1. The van der Waals surface area contributed by atoms with Crippen LogP contribution in [0.4, 0.5) is 19.0 Å². The molecule has 6 nitrogen and oxygen atoms in total. The minimum atomic E-state index is -4.23. The van der Waals surface area contributed by atoms with Crippen LogP contribution in [0, 0.1) is 5.41 Å². The van der Waals surface area contributed by atoms with E-state index < -0.39 is 12.6 Å². The molecule has 2 aliphatic heterocycles. The predicted molar refractivity (Wildman–Crippen MR) is 119 cm³/mol. The zero-order chi connectivity index (χ0) is 22.7. The van der Waals surface area contributed by atoms with Crippen LogP contribution in [-0.2, 0) is 20.0 Å². The van der Waals surface area contributed by atoms with E-state index in [2.05, 4.69) is 44.9 Å². The molecular formula is C22H27F3N6S. The Morgan fingerprint density at radius 1 is 1.16 bits per heavy atom. The Hall–Kier alpha value is -2.20. The van der Waals surface area contributed by atoms with Gasteiger partial charge in [0, 0.05) is 54.3 Å². The van der Waals surface area contributed by atoms with Crippen molar-refractivity contribution in [2.75, 3.05) is 24.5 Å². The summed E-state index contributed by atoms with van der Waals surface area (Å²) in [4.78, 5) is 14.5. The van der Waals surface area contributed by atoms with Gasteiger partial charge in [-0.1, -0.05) is 6.92 Å². The first kappa shape index (κ1) is 21.6. The highest BCUT2D eigenvalue weighted by molar-refractivity contribution is 7.18. The van der Waals surface area contributed by atoms with Gasteiger partial charge in [-0.05, 0) is 32.4 Å². The lowest BCUT2D eigenvalue weighted by Gasteiger charge is -2.53. The van der Waals surface area contributed by atoms with E-state index in [9.17, 15) is 13.2 Å². The van der Waals surface area contributed by atoms with Gasteiger partial charge in [0.25, 0.3) is 0 Å². The smallest absolute Gasteiger partial charge is 0.355 e. The van der Waals surface area contributed by atoms with Gasteiger partial charge >= 0.3 is 6.18 Å². The lowest BCUT2D eigenvalue weighted by Crippen LogP contribution is -2.60. The molecule has 0 unspecified atom stereocenters. The van der Waals surface area contributed by atoms with Crippen molar-refractivity contribution in [3.05, 3.63) is 35.2 Å². The van der Waals surface area contributed by atoms with Crippen LogP contribution < -0.4 is 4.90 Å². The molecule has 0 aliphatic carbocycles. The summed E-state index contributed by atoms with van der Waals surface area (Å²) in [6, 6.07) is 1.63. The largest absolute Gasteiger partial charge is 0.393 e. The first-order valence-corrected chi connectivity index (χ1v) is 11.7. The maximum Gasteiger partial charge on any atom is 0.393 e. The van der Waals surface area contributed by atoms with Gasteiger partial charge in [-0.15, -0.1) is 11.3 Å². The van der Waals surface area contributed by atoms with Gasteiger partial charge in [0.05, 0.1) is 18.0 Å². The number of hydrogen-bond acceptors (Lipinski definition) is 6. The maximum absolute atomic E-state index is 12.9. The highest BCUT2D eigenvalue weighted by atomic mass is 32.1. The summed E-state index contributed by atoms with van der Waals surface area (Å²) in [5.41, 5.74) is 1.31. The summed E-state index contributed by atoms with van der Waals surface area (Å²) in [5.74, 6) is 0.758. The molecule has 5 rings (SSSR count). The molecule has 0 spiro atoms. The fraction of sp³-hybridized carbons (Fsp3) is 0.591. The number of nitrogens with zero attached hydrogens (tertiary/aromatic N) is 6. The quantitative estimate of drug-likeness (QED) is 0.573. The SMILES string of the molecule is Cn1cc(CN2CC[C@@]3(C)CN(c4ncnc5sc(CC(F)(F)F)cc45)CC[C@@]23C)cn1. The van der Waals surface area contributed by atoms with E-state index in [1.54, 1.807) is 6.07 Å². The number of rotatable bonds is 4. The Bertz CT molecular complexity index is 1140. The molecule has 3 aromatic heterocycles. The van der Waals surface area contributed by atoms with Crippen LogP contribution in [0.15, 0.2) is 24.8 Å². The number of thiophene rings is 1. The normalized spacial score (nSPS) is 26.8. The summed E-state index contributed by atoms with van der Waals surface area (Å²) in [6.07, 6.45) is 2.36. The summed E-state index contributed by atoms with van der Waals surface area (Å²) in [7, 11) is 1.94. The third-order valence-electron chi connectivity index (χ3n) is 7.51. The maximum atomic E-state index is 12.9. The lowest BCUT2D eigenvalue weighted by molar-refractivity contribution is -0.126. The van der Waals surface area contributed by atoms with Crippen LogP contribution in [-0.4, -0.2) is 56.0 Å². The average molecular weight is 465 g/mol. The molecule has 0 N–H and O–H groups in total. The Morgan fingerprint density at radius 3 is 2.69 bits per heavy atom. The van der Waals surface area contributed by atoms with Crippen LogP contribution in [0.2, 0.25) is 0 Å². The van der Waals surface area contributed by atoms with Crippen molar-refractivity contribution < 1.29 is 13.2 Å². The Balaban J connectivity index is 1.40. The molecule has 10 heteroatoms. The molecule has 2 saturated heterocycles. The van der Waals surface area contributed by atoms with E-state index in [0.717, 1.165) is 61.6 Å². The number of piperidine rings is 1. The summed E-state index contributed by atoms with van der Waals surface area (Å²) in [5, 5.41) is 5.04. The fourth-order valence-electron chi connectivity index (χ4n) is 5.48. The monoisotopic (exact) mass is 464 g/mol. The third-order valence-corrected chi connectivity index (χ3v) is 8.55. The van der Waals surface area contributed by atoms with Gasteiger partial charge in [0.1, 0.15) is 17.0 Å². The first-order chi connectivity index (χ1) is 15.1. The third kappa shape index (κ3) is 3.67. The van der Waals surface area contributed by atoms with Gasteiger partial charge in [-0.2, -0.15) is 18.3 Å². The number of likely N-dealkylation sites (tertiary alicyclic amines) is 1. The van der Waals surface area contributed by atoms with Gasteiger partial charge in [-0.3, -0.25) is 9.58 Å². The number of alkyl halides is 3. The summed E-state index contributed by atoms with van der Waals surface area (Å²) >= 11 is 1.11. The highest BCUT2D eigenvalue weighted by Gasteiger charge is 2.56. The molecule has 0 amide bonds. The second-order valence-corrected chi connectivity index (χ2v) is 10.7. The van der Waals surface area contributed by atoms with Gasteiger partial charge in [0.15, 0.2) is 0 Å². The number of hydrogen-bond donors (Lipinski definition) is 0. The van der Waals surface area contributed by atoms with Crippen molar-refractivity contribution in [1.82, 2.24) is 24.6 Å². The van der Waals surface area contributed by atoms with E-state index >= 15 is 0 Å². The van der Waals surface area contributed by atoms with Gasteiger partial charge in [0.2, 0.25) is 0 Å². The van der Waals surface area contributed by atoms with Crippen LogP contribution in [0.25, 0.3) is 10.2 Å². The van der Waals surface area contributed by atoms with Crippen LogP contribution in [0.5, 0.6) is 0 Å². The second kappa shape index (κ2) is 7.41. The molecule has 32 heavy (non-hydrogen) atoms. The van der Waals surface area contributed by atoms with Crippen molar-refractivity contribution in [2.45, 2.75) is 51.4 Å². The number of fused-ring (bicyclic) bond motifs is 2. The molecule has 0 radical (unpaired) electrons. The molecule has 172 valence electrons. The molecule has 2 aliphatic rings. The standard InChI is InChI=1S/C22H27F3N6S/c1-20-4-7-31(12-15-10-28-29(3)11-15)21(20,2)5-6-30(13-20)18-17-8-16(9-22(23,24)25)32-19(17)27-14-26-18/h8,10-11,14H,4-7,9,12-13H2,1-3H3/t20-,21+/m0/s1. The lowest BCUT2D eigenvalue weighted by atomic mass is 9.67. The van der Waals surface area contributed by atoms with Crippen molar-refractivity contribution in [2.24, 2.45) is 12.5 Å². The average Bonchev–Trinajstić information content (AvgIpc) is 3.36. The van der Waals surface area contributed by atoms with Crippen LogP contribution in [0.3, 0.4) is 0 Å². The molecule has 0 saturated carbocycles. The number of aryl methyl sites for hydroxylation is 1. The van der Waals surface area contributed by atoms with E-state index in [1.165, 1.54) is 11.9 Å². The Labute approximate surface area is 189 Å². The molecular weight excluding hydrogens is 437 g/mol. The molecule has 0 aromatic carbocycles. The minimum absolute atomic E-state index is 0.0432. The fourth-order valence-corrected chi connectivity index (χ4v) is 6.50. The van der Waals surface area contributed by atoms with Crippen LogP contribution in [0.1, 0.15) is 37.1 Å². The molecule has 3 aromatic rings. The minimum Gasteiger partial charge on any atom is -0.355 e. The molecule has 2 atom stereocenters. The Kier molecular flexibility index (Phi) is 5.01. The Morgan fingerprint density at radius 2 is 1.97 bits per heavy atom. The van der Waals surface area contributed by atoms with Crippen molar-refractivity contribution >= 4 is 27.4 Å². The van der Waals surface area contributed by atoms with Gasteiger partial charge < -0.3 is 4.90 Å². The summed E-state index contributed by atoms with van der Waals surface area (Å²) < 4.78 is 40.6. The predicted octanol–water partition coefficient (Wildman–Crippen LogP) is 4.41. The van der Waals surface area contributed by atoms with Crippen molar-refractivity contribution in [3.63, 3.8) is 0 Å². The molecule has 0 bridgehead atoms. The summed E-state index contributed by atoms with van der Waals surface area (Å²) in [6.45, 7) is 8.22. The van der Waals surface area contributed by atoms with E-state index in [1.807, 2.05) is 17.9 Å². The second-order valence-electron chi connectivity index (χ2n) is 9.62. The van der Waals surface area contributed by atoms with E-state index in [-0.39, 0.29) is 15.8 Å². The van der Waals surface area contributed by atoms with Crippen molar-refractivity contribution in [3.8, 4) is 0 Å². The zero-order valence-corrected chi connectivity index (χ0v) is 19.3. The highest BCUT2D eigenvalue weighted by Crippen LogP contribution is 2.52.